The molecule has 4 amide bonds. The maximum atomic E-state index is 10.5. The van der Waals surface area contributed by atoms with Gasteiger partial charge in [0.25, 0.3) is 0 Å². The number of amides is 4. The van der Waals surface area contributed by atoms with Crippen molar-refractivity contribution in [1.82, 2.24) is 9.80 Å². The van der Waals surface area contributed by atoms with Crippen molar-refractivity contribution in [2.45, 2.75) is 49.5 Å². The number of hydrogen-bond acceptors (Lipinski definition) is 4. The Morgan fingerprint density at radius 1 is 0.750 bits per heavy atom. The van der Waals surface area contributed by atoms with E-state index in [9.17, 15) is 19.2 Å². The second kappa shape index (κ2) is 16.6. The molecule has 0 atom stereocenters. The summed E-state index contributed by atoms with van der Waals surface area (Å²) < 4.78 is 0. The molecule has 0 unspecified atom stereocenters. The van der Waals surface area contributed by atoms with E-state index in [-0.39, 0.29) is 76.2 Å². The molecule has 0 saturated carbocycles. The molecule has 0 rings (SSSR count). The van der Waals surface area contributed by atoms with Gasteiger partial charge in [0.2, 0.25) is 23.6 Å². The van der Waals surface area contributed by atoms with E-state index in [1.165, 1.54) is 39.6 Å². The Bertz CT molecular complexity index is 291. The summed E-state index contributed by atoms with van der Waals surface area (Å²) in [7, 11) is 1.45. The minimum atomic E-state index is -0.225. The maximum Gasteiger partial charge on any atom is 0.226 e. The van der Waals surface area contributed by atoms with Gasteiger partial charge in [-0.3, -0.25) is 29.0 Å². The third-order valence-corrected chi connectivity index (χ3v) is 2.02. The zero-order valence-electron chi connectivity index (χ0n) is 11.6. The molecule has 0 radical (unpaired) electrons. The summed E-state index contributed by atoms with van der Waals surface area (Å²) in [5.41, 5.74) is 0. The van der Waals surface area contributed by atoms with E-state index in [2.05, 4.69) is 0 Å². The van der Waals surface area contributed by atoms with Crippen LogP contribution in [0.4, 0.5) is 0 Å². The van der Waals surface area contributed by atoms with E-state index < -0.39 is 0 Å². The average Bonchev–Trinajstić information content (AvgIpc) is 2.16. The number of carbonyl (C=O) groups is 4. The van der Waals surface area contributed by atoms with E-state index in [1.54, 1.807) is 6.92 Å². The summed E-state index contributed by atoms with van der Waals surface area (Å²) in [6.45, 7) is 7.69. The summed E-state index contributed by atoms with van der Waals surface area (Å²) >= 11 is 0. The largest absolute Gasteiger partial charge is 0.286 e. The summed E-state index contributed by atoms with van der Waals surface area (Å²) in [6.07, 6.45) is 0. The molecule has 0 aromatic carbocycles. The van der Waals surface area contributed by atoms with Crippen LogP contribution in [0.5, 0.6) is 0 Å². The van der Waals surface area contributed by atoms with Gasteiger partial charge in [-0.05, 0) is 6.92 Å². The number of rotatable bonds is 1. The van der Waals surface area contributed by atoms with Crippen LogP contribution in [-0.4, -0.2) is 47.0 Å². The van der Waals surface area contributed by atoms with Crippen molar-refractivity contribution in [3.05, 3.63) is 0 Å². The first-order chi connectivity index (χ1) is 7.64. The van der Waals surface area contributed by atoms with Crippen LogP contribution in [0.2, 0.25) is 0 Å². The predicted octanol–water partition coefficient (Wildman–Crippen LogP) is 1.68. The van der Waals surface area contributed by atoms with E-state index in [0.717, 1.165) is 4.90 Å². The Balaban J connectivity index is -0.0000000655. The van der Waals surface area contributed by atoms with Crippen LogP contribution in [0.25, 0.3) is 0 Å². The van der Waals surface area contributed by atoms with E-state index in [4.69, 9.17) is 0 Å². The fraction of sp³-hybridized carbons (Fsp3) is 0.692. The Hall–Kier alpha value is -0.460. The summed E-state index contributed by atoms with van der Waals surface area (Å²) in [5, 5.41) is 0. The summed E-state index contributed by atoms with van der Waals surface area (Å²) in [6, 6.07) is 0. The molecule has 0 aliphatic heterocycles. The summed E-state index contributed by atoms with van der Waals surface area (Å²) in [5.74, 6) is -0.829. The van der Waals surface area contributed by atoms with E-state index >= 15 is 0 Å². The quantitative estimate of drug-likeness (QED) is 0.738. The van der Waals surface area contributed by atoms with Crippen LogP contribution in [0, 0.1) is 37.7 Å². The molecule has 0 saturated heterocycles. The molecule has 0 aromatic rings. The zero-order chi connectivity index (χ0) is 14.2. The molecule has 0 aliphatic rings. The van der Waals surface area contributed by atoms with Gasteiger partial charge in [0, 0.05) is 79.0 Å². The van der Waals surface area contributed by atoms with Gasteiger partial charge in [0.15, 0.2) is 0 Å². The second-order valence-corrected chi connectivity index (χ2v) is 3.38. The van der Waals surface area contributed by atoms with Crippen molar-refractivity contribution >= 4 is 23.6 Å². The molecule has 0 aliphatic carbocycles. The number of hydrogen-bond donors (Lipinski definition) is 0. The Morgan fingerprint density at radius 2 is 1.00 bits per heavy atom. The van der Waals surface area contributed by atoms with Crippen LogP contribution in [0.1, 0.15) is 49.5 Å². The Kier molecular flexibility index (Phi) is 26.4. The van der Waals surface area contributed by atoms with Gasteiger partial charge in [-0.25, -0.2) is 0 Å². The molecule has 0 fully saturated rings. The van der Waals surface area contributed by atoms with Gasteiger partial charge in [-0.15, -0.1) is 0 Å². The molecule has 20 heavy (non-hydrogen) atoms. The van der Waals surface area contributed by atoms with Gasteiger partial charge in [0.1, 0.15) is 0 Å². The normalized spacial score (nSPS) is 7.30. The van der Waals surface area contributed by atoms with Gasteiger partial charge in [-0.2, -0.15) is 0 Å². The third kappa shape index (κ3) is 15.6. The van der Waals surface area contributed by atoms with Crippen LogP contribution < -0.4 is 0 Å². The first-order valence-corrected chi connectivity index (χ1v) is 5.18. The topological polar surface area (TPSA) is 74.8 Å². The molecule has 0 aromatic heterocycles. The fourth-order valence-corrected chi connectivity index (χ4v) is 0.889. The fourth-order valence-electron chi connectivity index (χ4n) is 0.889. The zero-order valence-corrected chi connectivity index (χ0v) is 12.3. The van der Waals surface area contributed by atoms with Crippen molar-refractivity contribution in [1.29, 1.82) is 0 Å². The van der Waals surface area contributed by atoms with Gasteiger partial charge >= 0.3 is 0 Å². The molecule has 0 spiro atoms. The Morgan fingerprint density at radius 3 is 1.00 bits per heavy atom. The third-order valence-electron chi connectivity index (χ3n) is 2.02. The standard InChI is InChI=1S/C6H11NO2.C5H9NO2.2CH4.Ar/c1-4-7(5(2)8)6(3)9;1-4(7)6(3)5(2)8;;;/h4H2,1-3H3;1-3H3;2*1H4;. The van der Waals surface area contributed by atoms with E-state index in [0.29, 0.717) is 6.54 Å². The summed E-state index contributed by atoms with van der Waals surface area (Å²) in [4.78, 5) is 43.9. The molecule has 6 nitrogen and oxygen atoms in total. The van der Waals surface area contributed by atoms with Crippen molar-refractivity contribution in [2.24, 2.45) is 0 Å². The molecular weight excluding hydrogens is 288 g/mol. The molecule has 122 valence electrons. The minimum absolute atomic E-state index is 0. The number of carbonyl (C=O) groups excluding carboxylic acids is 4. The number of nitrogens with zero attached hydrogens (tertiary/aromatic N) is 2. The molecule has 7 heteroatoms. The van der Waals surface area contributed by atoms with Crippen LogP contribution in [0.15, 0.2) is 0 Å². The molecule has 0 heterocycles. The minimum Gasteiger partial charge on any atom is -0.286 e. The first kappa shape index (κ1) is 31.8. The van der Waals surface area contributed by atoms with E-state index in [1.807, 2.05) is 0 Å². The molecular formula is C13H28ArN2O4. The average molecular weight is 316 g/mol. The first-order valence-electron chi connectivity index (χ1n) is 5.18. The maximum absolute atomic E-state index is 10.5. The SMILES string of the molecule is C.C.CC(=O)N(C)C(C)=O.CCN(C(C)=O)C(C)=O.[Ar]. The molecule has 0 bridgehead atoms. The van der Waals surface area contributed by atoms with Crippen molar-refractivity contribution in [3.8, 4) is 0 Å². The van der Waals surface area contributed by atoms with Gasteiger partial charge in [0.05, 0.1) is 0 Å². The smallest absolute Gasteiger partial charge is 0.226 e. The van der Waals surface area contributed by atoms with Crippen LogP contribution in [0.3, 0.4) is 0 Å². The predicted molar refractivity (Wildman–Crippen MR) is 76.3 cm³/mol. The monoisotopic (exact) mass is 316 g/mol. The second-order valence-electron chi connectivity index (χ2n) is 3.38. The van der Waals surface area contributed by atoms with Crippen LogP contribution in [-0.2, 0) is 19.2 Å². The van der Waals surface area contributed by atoms with Crippen molar-refractivity contribution in [2.75, 3.05) is 13.6 Å². The van der Waals surface area contributed by atoms with Crippen molar-refractivity contribution < 1.29 is 56.9 Å². The number of imide groups is 2. The van der Waals surface area contributed by atoms with Gasteiger partial charge < -0.3 is 0 Å². The Labute approximate surface area is 152 Å². The van der Waals surface area contributed by atoms with Crippen molar-refractivity contribution in [3.63, 3.8) is 0 Å². The molecule has 0 N–H and O–H groups in total. The van der Waals surface area contributed by atoms with Gasteiger partial charge in [-0.1, -0.05) is 14.9 Å². The van der Waals surface area contributed by atoms with Crippen LogP contribution >= 0.6 is 0 Å².